The quantitative estimate of drug-likeness (QED) is 0.592. The van der Waals surface area contributed by atoms with Gasteiger partial charge in [-0.15, -0.1) is 11.3 Å². The lowest BCUT2D eigenvalue weighted by molar-refractivity contribution is -0.126. The number of rotatable bonds is 5. The number of piperidine rings is 1. The minimum Gasteiger partial charge on any atom is -0.357 e. The van der Waals surface area contributed by atoms with Gasteiger partial charge in [-0.1, -0.05) is 30.3 Å². The van der Waals surface area contributed by atoms with Gasteiger partial charge in [-0.2, -0.15) is 18.2 Å². The molecule has 0 bridgehead atoms. The van der Waals surface area contributed by atoms with Crippen molar-refractivity contribution in [1.82, 2.24) is 14.9 Å². The summed E-state index contributed by atoms with van der Waals surface area (Å²) in [5.74, 6) is 2.32. The van der Waals surface area contributed by atoms with E-state index < -0.39 is 12.6 Å². The van der Waals surface area contributed by atoms with Gasteiger partial charge in [0, 0.05) is 38.1 Å². The van der Waals surface area contributed by atoms with E-state index in [2.05, 4.69) is 49.4 Å². The SMILES string of the molecule is CNc1nc(N2CC3CCN(Cc4ccccc4)CC3C2)c2cc(CC(F)(F)F)sc2n1. The Hall–Kier alpha value is -2.39. The molecule has 0 aliphatic carbocycles. The minimum absolute atomic E-state index is 0.280. The summed E-state index contributed by atoms with van der Waals surface area (Å²) in [6.45, 7) is 4.82. The number of alkyl halides is 3. The molecule has 0 saturated carbocycles. The van der Waals surface area contributed by atoms with Gasteiger partial charge in [0.05, 0.1) is 11.8 Å². The number of hydrogen-bond acceptors (Lipinski definition) is 6. The molecule has 4 heterocycles. The maximum absolute atomic E-state index is 13.0. The van der Waals surface area contributed by atoms with E-state index in [-0.39, 0.29) is 4.88 Å². The van der Waals surface area contributed by atoms with Gasteiger partial charge in [-0.05, 0) is 36.4 Å². The second-order valence-corrected chi connectivity index (χ2v) is 9.89. The summed E-state index contributed by atoms with van der Waals surface area (Å²) < 4.78 is 38.9. The fraction of sp³-hybridized carbons (Fsp3) is 0.478. The van der Waals surface area contributed by atoms with Gasteiger partial charge in [0.1, 0.15) is 10.6 Å². The van der Waals surface area contributed by atoms with Crippen molar-refractivity contribution < 1.29 is 13.2 Å². The fourth-order valence-electron chi connectivity index (χ4n) is 5.00. The standard InChI is InChI=1S/C23H26F3N5S/c1-27-22-28-20(19-9-18(10-23(24,25)26)32-21(19)29-22)31-13-16-7-8-30(12-17(16)14-31)11-15-5-3-2-4-6-15/h2-6,9,16-17H,7-8,10-14H2,1H3,(H,27,28,29). The zero-order chi connectivity index (χ0) is 22.3. The largest absolute Gasteiger partial charge is 0.393 e. The molecule has 170 valence electrons. The number of anilines is 2. The average Bonchev–Trinajstić information content (AvgIpc) is 3.35. The number of nitrogens with one attached hydrogen (secondary N) is 1. The highest BCUT2D eigenvalue weighted by Crippen LogP contribution is 2.39. The highest BCUT2D eigenvalue weighted by atomic mass is 32.1. The first-order chi connectivity index (χ1) is 15.4. The number of aromatic nitrogens is 2. The Morgan fingerprint density at radius 3 is 2.62 bits per heavy atom. The third kappa shape index (κ3) is 4.54. The first kappa shape index (κ1) is 21.5. The molecule has 1 N–H and O–H groups in total. The van der Waals surface area contributed by atoms with Crippen molar-refractivity contribution in [3.8, 4) is 0 Å². The molecule has 2 saturated heterocycles. The fourth-order valence-corrected chi connectivity index (χ4v) is 6.05. The van der Waals surface area contributed by atoms with Crippen LogP contribution in [-0.2, 0) is 13.0 Å². The Bertz CT molecular complexity index is 1080. The van der Waals surface area contributed by atoms with E-state index in [9.17, 15) is 13.2 Å². The monoisotopic (exact) mass is 461 g/mol. The molecule has 3 aromatic rings. The predicted molar refractivity (Wildman–Crippen MR) is 122 cm³/mol. The van der Waals surface area contributed by atoms with Crippen molar-refractivity contribution in [3.05, 3.63) is 46.8 Å². The maximum Gasteiger partial charge on any atom is 0.393 e. The molecule has 2 atom stereocenters. The summed E-state index contributed by atoms with van der Waals surface area (Å²) >= 11 is 1.11. The summed E-state index contributed by atoms with van der Waals surface area (Å²) in [6, 6.07) is 12.2. The van der Waals surface area contributed by atoms with Crippen LogP contribution in [0.3, 0.4) is 0 Å². The Balaban J connectivity index is 1.36. The lowest BCUT2D eigenvalue weighted by Gasteiger charge is -2.34. The van der Waals surface area contributed by atoms with Crippen LogP contribution < -0.4 is 10.2 Å². The van der Waals surface area contributed by atoms with Crippen LogP contribution in [-0.4, -0.2) is 54.3 Å². The molecule has 2 unspecified atom stereocenters. The second kappa shape index (κ2) is 8.51. The zero-order valence-electron chi connectivity index (χ0n) is 17.9. The number of likely N-dealkylation sites (tertiary alicyclic amines) is 1. The third-order valence-corrected chi connectivity index (χ3v) is 7.48. The third-order valence-electron chi connectivity index (χ3n) is 6.46. The maximum atomic E-state index is 13.0. The minimum atomic E-state index is -4.23. The number of halogens is 3. The lowest BCUT2D eigenvalue weighted by Crippen LogP contribution is -2.39. The van der Waals surface area contributed by atoms with Crippen LogP contribution in [0.5, 0.6) is 0 Å². The highest BCUT2D eigenvalue weighted by molar-refractivity contribution is 7.18. The van der Waals surface area contributed by atoms with Crippen molar-refractivity contribution in [2.75, 3.05) is 43.4 Å². The second-order valence-electron chi connectivity index (χ2n) is 8.78. The van der Waals surface area contributed by atoms with Crippen LogP contribution in [0.1, 0.15) is 16.9 Å². The van der Waals surface area contributed by atoms with Crippen molar-refractivity contribution in [2.24, 2.45) is 11.8 Å². The van der Waals surface area contributed by atoms with Gasteiger partial charge < -0.3 is 10.2 Å². The molecule has 2 fully saturated rings. The number of benzene rings is 1. The van der Waals surface area contributed by atoms with Crippen LogP contribution in [0.4, 0.5) is 24.9 Å². The summed E-state index contributed by atoms with van der Waals surface area (Å²) in [4.78, 5) is 14.8. The molecule has 0 amide bonds. The first-order valence-corrected chi connectivity index (χ1v) is 11.8. The molecular weight excluding hydrogens is 435 g/mol. The van der Waals surface area contributed by atoms with Crippen LogP contribution in [0, 0.1) is 11.8 Å². The van der Waals surface area contributed by atoms with Crippen LogP contribution in [0.2, 0.25) is 0 Å². The average molecular weight is 462 g/mol. The van der Waals surface area contributed by atoms with Gasteiger partial charge in [0.25, 0.3) is 0 Å². The molecule has 9 heteroatoms. The van der Waals surface area contributed by atoms with Gasteiger partial charge >= 0.3 is 6.18 Å². The molecule has 2 aliphatic heterocycles. The summed E-state index contributed by atoms with van der Waals surface area (Å²) in [7, 11) is 1.74. The molecule has 1 aromatic carbocycles. The van der Waals surface area contributed by atoms with Crippen molar-refractivity contribution in [2.45, 2.75) is 25.6 Å². The van der Waals surface area contributed by atoms with E-state index in [4.69, 9.17) is 0 Å². The highest BCUT2D eigenvalue weighted by Gasteiger charge is 2.38. The Morgan fingerprint density at radius 2 is 1.88 bits per heavy atom. The first-order valence-electron chi connectivity index (χ1n) is 10.9. The molecule has 2 aliphatic rings. The van der Waals surface area contributed by atoms with E-state index in [1.165, 1.54) is 5.56 Å². The Kier molecular flexibility index (Phi) is 5.71. The van der Waals surface area contributed by atoms with E-state index >= 15 is 0 Å². The smallest absolute Gasteiger partial charge is 0.357 e. The normalized spacial score (nSPS) is 21.8. The lowest BCUT2D eigenvalue weighted by atomic mass is 9.88. The summed E-state index contributed by atoms with van der Waals surface area (Å²) in [5, 5.41) is 3.69. The Morgan fingerprint density at radius 1 is 1.09 bits per heavy atom. The zero-order valence-corrected chi connectivity index (χ0v) is 18.7. The number of fused-ring (bicyclic) bond motifs is 2. The van der Waals surface area contributed by atoms with E-state index in [1.807, 2.05) is 6.07 Å². The van der Waals surface area contributed by atoms with E-state index in [0.717, 1.165) is 61.7 Å². The van der Waals surface area contributed by atoms with Crippen molar-refractivity contribution in [1.29, 1.82) is 0 Å². The summed E-state index contributed by atoms with van der Waals surface area (Å²) in [5.41, 5.74) is 1.33. The number of hydrogen-bond donors (Lipinski definition) is 1. The van der Waals surface area contributed by atoms with Crippen LogP contribution >= 0.6 is 11.3 Å². The molecule has 0 radical (unpaired) electrons. The van der Waals surface area contributed by atoms with Gasteiger partial charge in [0.15, 0.2) is 0 Å². The molecule has 5 rings (SSSR count). The number of nitrogens with zero attached hydrogens (tertiary/aromatic N) is 4. The van der Waals surface area contributed by atoms with Gasteiger partial charge in [-0.3, -0.25) is 4.90 Å². The molecule has 0 spiro atoms. The van der Waals surface area contributed by atoms with E-state index in [1.54, 1.807) is 13.1 Å². The van der Waals surface area contributed by atoms with Crippen molar-refractivity contribution in [3.63, 3.8) is 0 Å². The van der Waals surface area contributed by atoms with Crippen LogP contribution in [0.25, 0.3) is 10.2 Å². The topological polar surface area (TPSA) is 44.3 Å². The molecule has 2 aromatic heterocycles. The number of thiophene rings is 1. The Labute approximate surface area is 189 Å². The molecular formula is C23H26F3N5S. The van der Waals surface area contributed by atoms with E-state index in [0.29, 0.717) is 22.6 Å². The van der Waals surface area contributed by atoms with Gasteiger partial charge in [0.2, 0.25) is 5.95 Å². The van der Waals surface area contributed by atoms with Crippen molar-refractivity contribution >= 4 is 33.3 Å². The molecule has 5 nitrogen and oxygen atoms in total. The summed E-state index contributed by atoms with van der Waals surface area (Å²) in [6.07, 6.45) is -4.03. The van der Waals surface area contributed by atoms with Gasteiger partial charge in [-0.25, -0.2) is 4.98 Å². The predicted octanol–water partition coefficient (Wildman–Crippen LogP) is 4.80. The molecule has 32 heavy (non-hydrogen) atoms. The van der Waals surface area contributed by atoms with Crippen LogP contribution in [0.15, 0.2) is 36.4 Å².